The zero-order valence-electron chi connectivity index (χ0n) is 25.3. The summed E-state index contributed by atoms with van der Waals surface area (Å²) >= 11 is 0. The molecule has 0 spiro atoms. The van der Waals surface area contributed by atoms with Gasteiger partial charge in [0, 0.05) is 51.6 Å². The van der Waals surface area contributed by atoms with Gasteiger partial charge in [0.15, 0.2) is 0 Å². The molecule has 4 aromatic rings. The number of hydrogen-bond acceptors (Lipinski definition) is 7. The van der Waals surface area contributed by atoms with Gasteiger partial charge in [0.2, 0.25) is 0 Å². The molecule has 0 saturated carbocycles. The van der Waals surface area contributed by atoms with Crippen molar-refractivity contribution in [1.82, 2.24) is 29.2 Å². The highest BCUT2D eigenvalue weighted by Crippen LogP contribution is 2.37. The molecule has 1 amide bonds. The van der Waals surface area contributed by atoms with Crippen LogP contribution < -0.4 is 4.74 Å². The number of carbonyl (C=O) groups is 1. The summed E-state index contributed by atoms with van der Waals surface area (Å²) in [4.78, 5) is 24.1. The summed E-state index contributed by atoms with van der Waals surface area (Å²) in [5.41, 5.74) is 2.95. The molecule has 0 N–H and O–H groups in total. The summed E-state index contributed by atoms with van der Waals surface area (Å²) in [7, 11) is 0.677. The molecule has 41 heavy (non-hydrogen) atoms. The average Bonchev–Trinajstić information content (AvgIpc) is 3.46. The Morgan fingerprint density at radius 3 is 2.68 bits per heavy atom. The molecule has 0 aliphatic carbocycles. The van der Waals surface area contributed by atoms with Crippen molar-refractivity contribution >= 4 is 36.1 Å². The summed E-state index contributed by atoms with van der Waals surface area (Å²) in [6.45, 7) is 14.9. The number of nitrogens with zero attached hydrogens (tertiary/aromatic N) is 6. The molecule has 10 nitrogen and oxygen atoms in total. The van der Waals surface area contributed by atoms with E-state index in [-0.39, 0.29) is 12.2 Å². The number of amides is 1. The second-order valence-corrected chi connectivity index (χ2v) is 18.7. The Balaban J connectivity index is 1.49. The van der Waals surface area contributed by atoms with E-state index in [4.69, 9.17) is 24.2 Å². The van der Waals surface area contributed by atoms with Gasteiger partial charge in [0.1, 0.15) is 29.8 Å². The number of fused-ring (bicyclic) bond motifs is 3. The van der Waals surface area contributed by atoms with Crippen LogP contribution in [0, 0.1) is 0 Å². The summed E-state index contributed by atoms with van der Waals surface area (Å²) in [6, 6.07) is 5.08. The normalized spacial score (nSPS) is 16.5. The fourth-order valence-corrected chi connectivity index (χ4v) is 5.81. The number of carbonyl (C=O) groups excluding carboxylic acids is 1. The molecular weight excluding hydrogens is 536 g/mol. The predicted octanol–water partition coefficient (Wildman–Crippen LogP) is 6.08. The lowest BCUT2D eigenvalue weighted by atomic mass is 10.1. The highest BCUT2D eigenvalue weighted by molar-refractivity contribution is 6.76. The number of rotatable bonds is 8. The number of pyridine rings is 2. The van der Waals surface area contributed by atoms with Crippen LogP contribution in [0.4, 0.5) is 4.79 Å². The van der Waals surface area contributed by atoms with E-state index >= 15 is 0 Å². The number of aromatic nitrogens is 5. The first-order valence-electron chi connectivity index (χ1n) is 14.4. The number of ether oxygens (including phenoxy) is 3. The first kappa shape index (κ1) is 29.1. The Kier molecular flexibility index (Phi) is 8.11. The van der Waals surface area contributed by atoms with Gasteiger partial charge in [-0.2, -0.15) is 5.10 Å². The maximum Gasteiger partial charge on any atom is 0.410 e. The van der Waals surface area contributed by atoms with Gasteiger partial charge in [-0.1, -0.05) is 19.6 Å². The van der Waals surface area contributed by atoms with Crippen LogP contribution in [0.2, 0.25) is 25.7 Å². The second-order valence-electron chi connectivity index (χ2n) is 13.1. The summed E-state index contributed by atoms with van der Waals surface area (Å²) < 4.78 is 22.3. The zero-order valence-corrected chi connectivity index (χ0v) is 26.3. The lowest BCUT2D eigenvalue weighted by molar-refractivity contribution is 0.00793. The molecule has 0 radical (unpaired) electrons. The molecule has 220 valence electrons. The minimum Gasteiger partial charge on any atom is -0.488 e. The van der Waals surface area contributed by atoms with Crippen molar-refractivity contribution in [1.29, 1.82) is 0 Å². The standard InChI is InChI=1S/C30H42N6O4Si/c1-30(2,3)40-29(37)35-12-8-9-22(19-35)39-26-10-11-31-28-27(26)23-15-24(21-16-33-34(4)18-21)32-17-25(23)36(28)20-38-13-14-41(5,6)7/h10-11,15-18,22H,8-9,12-14,19-20H2,1-7H3. The van der Waals surface area contributed by atoms with Gasteiger partial charge in [0.05, 0.1) is 35.5 Å². The molecule has 1 saturated heterocycles. The first-order valence-corrected chi connectivity index (χ1v) is 18.1. The van der Waals surface area contributed by atoms with Gasteiger partial charge >= 0.3 is 6.09 Å². The van der Waals surface area contributed by atoms with Gasteiger partial charge in [-0.3, -0.25) is 14.2 Å². The van der Waals surface area contributed by atoms with E-state index in [2.05, 4.69) is 35.4 Å². The van der Waals surface area contributed by atoms with E-state index in [0.717, 1.165) is 57.8 Å². The molecule has 1 atom stereocenters. The largest absolute Gasteiger partial charge is 0.488 e. The Bertz CT molecular complexity index is 1530. The molecule has 0 bridgehead atoms. The number of aryl methyl sites for hydroxylation is 1. The van der Waals surface area contributed by atoms with E-state index in [1.807, 2.05) is 52.5 Å². The first-order chi connectivity index (χ1) is 19.4. The minimum absolute atomic E-state index is 0.159. The molecule has 1 aliphatic heterocycles. The number of piperidine rings is 1. The number of likely N-dealkylation sites (tertiary alicyclic amines) is 1. The van der Waals surface area contributed by atoms with Crippen LogP contribution in [0.3, 0.4) is 0 Å². The summed E-state index contributed by atoms with van der Waals surface area (Å²) in [5, 5.41) is 6.23. The average molecular weight is 579 g/mol. The van der Waals surface area contributed by atoms with Gasteiger partial charge < -0.3 is 19.1 Å². The van der Waals surface area contributed by atoms with E-state index in [1.165, 1.54) is 0 Å². The molecule has 4 aromatic heterocycles. The molecule has 5 heterocycles. The zero-order chi connectivity index (χ0) is 29.4. The second kappa shape index (κ2) is 11.4. The van der Waals surface area contributed by atoms with Crippen molar-refractivity contribution in [2.45, 2.75) is 77.7 Å². The third kappa shape index (κ3) is 6.90. The van der Waals surface area contributed by atoms with Gasteiger partial charge in [0.25, 0.3) is 0 Å². The predicted molar refractivity (Wildman–Crippen MR) is 163 cm³/mol. The molecular formula is C30H42N6O4Si. The Labute approximate surface area is 242 Å². The fraction of sp³-hybridized carbons (Fsp3) is 0.533. The van der Waals surface area contributed by atoms with Crippen LogP contribution in [0.15, 0.2) is 36.9 Å². The van der Waals surface area contributed by atoms with Crippen LogP contribution in [-0.2, 0) is 23.3 Å². The van der Waals surface area contributed by atoms with E-state index in [9.17, 15) is 4.79 Å². The quantitative estimate of drug-likeness (QED) is 0.185. The van der Waals surface area contributed by atoms with Gasteiger partial charge in [-0.05, 0) is 51.8 Å². The van der Waals surface area contributed by atoms with Crippen molar-refractivity contribution in [3.05, 3.63) is 36.9 Å². The van der Waals surface area contributed by atoms with Crippen LogP contribution >= 0.6 is 0 Å². The van der Waals surface area contributed by atoms with Gasteiger partial charge in [-0.25, -0.2) is 9.78 Å². The van der Waals surface area contributed by atoms with E-state index < -0.39 is 13.7 Å². The van der Waals surface area contributed by atoms with Crippen molar-refractivity contribution in [3.63, 3.8) is 0 Å². The van der Waals surface area contributed by atoms with E-state index in [1.54, 1.807) is 15.8 Å². The molecule has 1 unspecified atom stereocenters. The lowest BCUT2D eigenvalue weighted by Crippen LogP contribution is -2.46. The maximum absolute atomic E-state index is 12.8. The SMILES string of the molecule is Cn1cc(-c2cc3c4c(OC5CCCN(C(=O)OC(C)(C)C)C5)ccnc4n(COCC[Si](C)(C)C)c3cn2)cn1. The fourth-order valence-electron chi connectivity index (χ4n) is 5.05. The monoisotopic (exact) mass is 578 g/mol. The Hall–Kier alpha value is -3.44. The maximum atomic E-state index is 12.8. The van der Waals surface area contributed by atoms with Crippen LogP contribution in [-0.4, -0.2) is 74.8 Å². The molecule has 1 fully saturated rings. The third-order valence-corrected chi connectivity index (χ3v) is 8.84. The third-order valence-electron chi connectivity index (χ3n) is 7.13. The number of hydrogen-bond donors (Lipinski definition) is 0. The van der Waals surface area contributed by atoms with Crippen molar-refractivity contribution < 1.29 is 19.0 Å². The summed E-state index contributed by atoms with van der Waals surface area (Å²) in [6.07, 6.45) is 8.67. The summed E-state index contributed by atoms with van der Waals surface area (Å²) in [5.74, 6) is 0.736. The van der Waals surface area contributed by atoms with Crippen LogP contribution in [0.5, 0.6) is 5.75 Å². The molecule has 0 aromatic carbocycles. The molecule has 11 heteroatoms. The molecule has 5 rings (SSSR count). The van der Waals surface area contributed by atoms with Crippen molar-refractivity contribution in [2.24, 2.45) is 7.05 Å². The van der Waals surface area contributed by atoms with Crippen molar-refractivity contribution in [3.8, 4) is 17.0 Å². The van der Waals surface area contributed by atoms with Crippen LogP contribution in [0.1, 0.15) is 33.6 Å². The highest BCUT2D eigenvalue weighted by atomic mass is 28.3. The Morgan fingerprint density at radius 1 is 1.17 bits per heavy atom. The topological polar surface area (TPSA) is 96.5 Å². The lowest BCUT2D eigenvalue weighted by Gasteiger charge is -2.34. The smallest absolute Gasteiger partial charge is 0.410 e. The highest BCUT2D eigenvalue weighted by Gasteiger charge is 2.29. The van der Waals surface area contributed by atoms with Gasteiger partial charge in [-0.15, -0.1) is 0 Å². The minimum atomic E-state index is -1.22. The molecule has 1 aliphatic rings. The van der Waals surface area contributed by atoms with Crippen molar-refractivity contribution in [2.75, 3.05) is 19.7 Å². The van der Waals surface area contributed by atoms with Crippen LogP contribution in [0.25, 0.3) is 33.2 Å². The van der Waals surface area contributed by atoms with E-state index in [0.29, 0.717) is 26.4 Å². The Morgan fingerprint density at radius 2 is 1.98 bits per heavy atom.